The second kappa shape index (κ2) is 4.30. The van der Waals surface area contributed by atoms with Gasteiger partial charge >= 0.3 is 0 Å². The predicted molar refractivity (Wildman–Crippen MR) is 64.9 cm³/mol. The van der Waals surface area contributed by atoms with E-state index in [-0.39, 0.29) is 11.2 Å². The Morgan fingerprint density at radius 3 is 2.82 bits per heavy atom. The van der Waals surface area contributed by atoms with Gasteiger partial charge in [-0.05, 0) is 30.9 Å². The minimum atomic E-state index is -0.412. The minimum absolute atomic E-state index is 0.220. The van der Waals surface area contributed by atoms with E-state index in [1.807, 2.05) is 13.8 Å². The van der Waals surface area contributed by atoms with Crippen LogP contribution in [-0.2, 0) is 11.8 Å². The van der Waals surface area contributed by atoms with E-state index >= 15 is 0 Å². The van der Waals surface area contributed by atoms with Crippen molar-refractivity contribution in [3.05, 3.63) is 29.1 Å². The SMILES string of the molecule is CC(O)CC(C)(C)c1cc(F)cc2c1OCC2. The highest BCUT2D eigenvalue weighted by molar-refractivity contribution is 5.48. The lowest BCUT2D eigenvalue weighted by atomic mass is 9.78. The molecule has 2 rings (SSSR count). The molecule has 0 saturated carbocycles. The standard InChI is InChI=1S/C14H19FO2/c1-9(16)8-14(2,3)12-7-11(15)6-10-4-5-17-13(10)12/h6-7,9,16H,4-5,8H2,1-3H3. The molecule has 2 nitrogen and oxygen atoms in total. The van der Waals surface area contributed by atoms with E-state index in [1.165, 1.54) is 6.07 Å². The maximum Gasteiger partial charge on any atom is 0.126 e. The Kier molecular flexibility index (Phi) is 3.13. The summed E-state index contributed by atoms with van der Waals surface area (Å²) >= 11 is 0. The third-order valence-corrected chi connectivity index (χ3v) is 3.28. The average Bonchev–Trinajstić information content (AvgIpc) is 2.61. The Labute approximate surface area is 101 Å². The number of halogens is 1. The molecule has 0 aromatic heterocycles. The normalized spacial score (nSPS) is 16.5. The molecular formula is C14H19FO2. The predicted octanol–water partition coefficient (Wildman–Crippen LogP) is 2.81. The van der Waals surface area contributed by atoms with Gasteiger partial charge < -0.3 is 9.84 Å². The van der Waals surface area contributed by atoms with Crippen LogP contribution in [0.4, 0.5) is 4.39 Å². The van der Waals surface area contributed by atoms with Crippen molar-refractivity contribution >= 4 is 0 Å². The molecule has 1 aromatic rings. The van der Waals surface area contributed by atoms with Crippen molar-refractivity contribution in [2.45, 2.75) is 45.1 Å². The van der Waals surface area contributed by atoms with E-state index in [9.17, 15) is 9.50 Å². The molecule has 3 heteroatoms. The largest absolute Gasteiger partial charge is 0.493 e. The Bertz CT molecular complexity index is 424. The lowest BCUT2D eigenvalue weighted by molar-refractivity contribution is 0.155. The Hall–Kier alpha value is -1.09. The smallest absolute Gasteiger partial charge is 0.126 e. The van der Waals surface area contributed by atoms with Gasteiger partial charge in [-0.3, -0.25) is 0 Å². The first-order valence-electron chi connectivity index (χ1n) is 6.04. The van der Waals surface area contributed by atoms with Crippen LogP contribution in [0.1, 0.15) is 38.3 Å². The zero-order chi connectivity index (χ0) is 12.6. The number of aliphatic hydroxyl groups is 1. The molecule has 0 radical (unpaired) electrons. The molecule has 0 bridgehead atoms. The Morgan fingerprint density at radius 2 is 2.18 bits per heavy atom. The van der Waals surface area contributed by atoms with Gasteiger partial charge in [0.25, 0.3) is 0 Å². The van der Waals surface area contributed by atoms with Crippen LogP contribution in [0, 0.1) is 5.82 Å². The van der Waals surface area contributed by atoms with Crippen LogP contribution in [0.5, 0.6) is 5.75 Å². The van der Waals surface area contributed by atoms with Gasteiger partial charge in [-0.15, -0.1) is 0 Å². The lowest BCUT2D eigenvalue weighted by Crippen LogP contribution is -2.23. The molecule has 17 heavy (non-hydrogen) atoms. The van der Waals surface area contributed by atoms with Gasteiger partial charge in [-0.1, -0.05) is 13.8 Å². The fourth-order valence-corrected chi connectivity index (χ4v) is 2.62. The van der Waals surface area contributed by atoms with E-state index in [0.29, 0.717) is 13.0 Å². The number of fused-ring (bicyclic) bond motifs is 1. The number of ether oxygens (including phenoxy) is 1. The highest BCUT2D eigenvalue weighted by Crippen LogP contribution is 2.40. The molecule has 1 unspecified atom stereocenters. The van der Waals surface area contributed by atoms with Crippen LogP contribution >= 0.6 is 0 Å². The molecule has 1 aromatic carbocycles. The summed E-state index contributed by atoms with van der Waals surface area (Å²) in [4.78, 5) is 0. The van der Waals surface area contributed by atoms with Crippen LogP contribution in [0.2, 0.25) is 0 Å². The second-order valence-electron chi connectivity index (χ2n) is 5.48. The van der Waals surface area contributed by atoms with Crippen molar-refractivity contribution in [1.29, 1.82) is 0 Å². The first-order valence-corrected chi connectivity index (χ1v) is 6.04. The summed E-state index contributed by atoms with van der Waals surface area (Å²) in [5, 5.41) is 9.53. The number of rotatable bonds is 3. The fraction of sp³-hybridized carbons (Fsp3) is 0.571. The highest BCUT2D eigenvalue weighted by atomic mass is 19.1. The second-order valence-corrected chi connectivity index (χ2v) is 5.48. The monoisotopic (exact) mass is 238 g/mol. The fourth-order valence-electron chi connectivity index (χ4n) is 2.62. The van der Waals surface area contributed by atoms with Crippen molar-refractivity contribution in [2.75, 3.05) is 6.61 Å². The van der Waals surface area contributed by atoms with Crippen molar-refractivity contribution < 1.29 is 14.2 Å². The van der Waals surface area contributed by atoms with E-state index in [4.69, 9.17) is 4.74 Å². The molecule has 0 aliphatic carbocycles. The molecule has 0 fully saturated rings. The summed E-state index contributed by atoms with van der Waals surface area (Å²) in [7, 11) is 0. The molecule has 94 valence electrons. The summed E-state index contributed by atoms with van der Waals surface area (Å²) in [5.74, 6) is 0.597. The van der Waals surface area contributed by atoms with Crippen LogP contribution in [-0.4, -0.2) is 17.8 Å². The van der Waals surface area contributed by atoms with Gasteiger partial charge in [0.05, 0.1) is 12.7 Å². The molecule has 0 spiro atoms. The summed E-state index contributed by atoms with van der Waals surface area (Å²) < 4.78 is 19.2. The first-order chi connectivity index (χ1) is 7.90. The maximum absolute atomic E-state index is 13.6. The molecule has 1 N–H and O–H groups in total. The van der Waals surface area contributed by atoms with Crippen LogP contribution in [0.25, 0.3) is 0 Å². The average molecular weight is 238 g/mol. The van der Waals surface area contributed by atoms with Crippen molar-refractivity contribution in [3.63, 3.8) is 0 Å². The third kappa shape index (κ3) is 2.44. The molecule has 1 atom stereocenters. The van der Waals surface area contributed by atoms with E-state index in [2.05, 4.69) is 0 Å². The molecule has 0 amide bonds. The quantitative estimate of drug-likeness (QED) is 0.877. The summed E-state index contributed by atoms with van der Waals surface area (Å²) in [5.41, 5.74) is 1.52. The number of hydrogen-bond donors (Lipinski definition) is 1. The summed E-state index contributed by atoms with van der Waals surface area (Å²) in [6.07, 6.45) is 0.946. The van der Waals surface area contributed by atoms with Crippen molar-refractivity contribution in [2.24, 2.45) is 0 Å². The number of benzene rings is 1. The van der Waals surface area contributed by atoms with E-state index < -0.39 is 6.10 Å². The lowest BCUT2D eigenvalue weighted by Gasteiger charge is -2.28. The molecular weight excluding hydrogens is 219 g/mol. The van der Waals surface area contributed by atoms with Gasteiger partial charge in [-0.2, -0.15) is 0 Å². The minimum Gasteiger partial charge on any atom is -0.493 e. The van der Waals surface area contributed by atoms with E-state index in [1.54, 1.807) is 13.0 Å². The topological polar surface area (TPSA) is 29.5 Å². The number of hydrogen-bond acceptors (Lipinski definition) is 2. The van der Waals surface area contributed by atoms with Gasteiger partial charge in [-0.25, -0.2) is 4.39 Å². The third-order valence-electron chi connectivity index (χ3n) is 3.28. The van der Waals surface area contributed by atoms with Gasteiger partial charge in [0.15, 0.2) is 0 Å². The van der Waals surface area contributed by atoms with Crippen molar-refractivity contribution in [3.8, 4) is 5.75 Å². The number of aliphatic hydroxyl groups excluding tert-OH is 1. The molecule has 1 aliphatic rings. The first kappa shape index (κ1) is 12.4. The summed E-state index contributed by atoms with van der Waals surface area (Å²) in [6, 6.07) is 3.08. The van der Waals surface area contributed by atoms with Gasteiger partial charge in [0.2, 0.25) is 0 Å². The van der Waals surface area contributed by atoms with Gasteiger partial charge in [0, 0.05) is 17.5 Å². The summed E-state index contributed by atoms with van der Waals surface area (Å²) in [6.45, 7) is 6.39. The van der Waals surface area contributed by atoms with Crippen LogP contribution in [0.3, 0.4) is 0 Å². The Morgan fingerprint density at radius 1 is 1.47 bits per heavy atom. The van der Waals surface area contributed by atoms with E-state index in [0.717, 1.165) is 23.3 Å². The van der Waals surface area contributed by atoms with Crippen LogP contribution < -0.4 is 4.74 Å². The van der Waals surface area contributed by atoms with Crippen LogP contribution in [0.15, 0.2) is 12.1 Å². The highest BCUT2D eigenvalue weighted by Gasteiger charge is 2.30. The van der Waals surface area contributed by atoms with Crippen molar-refractivity contribution in [1.82, 2.24) is 0 Å². The van der Waals surface area contributed by atoms with Gasteiger partial charge in [0.1, 0.15) is 11.6 Å². The molecule has 0 saturated heterocycles. The molecule has 1 aliphatic heterocycles. The maximum atomic E-state index is 13.6. The zero-order valence-corrected chi connectivity index (χ0v) is 10.6. The molecule has 1 heterocycles. The Balaban J connectivity index is 2.44. The zero-order valence-electron chi connectivity index (χ0n) is 10.6.